The first-order valence-electron chi connectivity index (χ1n) is 4.89. The Kier molecular flexibility index (Phi) is 3.13. The lowest BCUT2D eigenvalue weighted by Gasteiger charge is -2.29. The minimum atomic E-state index is -0.420. The highest BCUT2D eigenvalue weighted by atomic mass is 19.1. The van der Waals surface area contributed by atoms with Gasteiger partial charge in [0, 0.05) is 18.7 Å². The summed E-state index contributed by atoms with van der Waals surface area (Å²) in [6.07, 6.45) is 1.17. The normalized spacial score (nSPS) is 16.8. The molecule has 0 aliphatic carbocycles. The Bertz CT molecular complexity index is 340. The number of nitrogens with zero attached hydrogens (tertiary/aromatic N) is 2. The molecule has 0 radical (unpaired) electrons. The zero-order valence-corrected chi connectivity index (χ0v) is 8.32. The average molecular weight is 212 g/mol. The van der Waals surface area contributed by atoms with Gasteiger partial charge in [0.15, 0.2) is 0 Å². The van der Waals surface area contributed by atoms with E-state index in [4.69, 9.17) is 9.84 Å². The summed E-state index contributed by atoms with van der Waals surface area (Å²) in [6, 6.07) is 1.32. The third kappa shape index (κ3) is 2.24. The number of pyridine rings is 1. The monoisotopic (exact) mass is 212 g/mol. The maximum absolute atomic E-state index is 12.9. The van der Waals surface area contributed by atoms with Gasteiger partial charge in [0.1, 0.15) is 11.6 Å². The molecule has 82 valence electrons. The molecule has 1 aliphatic heterocycles. The van der Waals surface area contributed by atoms with Gasteiger partial charge in [-0.3, -0.25) is 0 Å². The van der Waals surface area contributed by atoms with Crippen LogP contribution in [0.25, 0.3) is 0 Å². The van der Waals surface area contributed by atoms with Crippen LogP contribution >= 0.6 is 0 Å². The van der Waals surface area contributed by atoms with E-state index in [9.17, 15) is 4.39 Å². The van der Waals surface area contributed by atoms with Crippen LogP contribution in [0.1, 0.15) is 5.56 Å². The molecule has 1 N–H and O–H groups in total. The second kappa shape index (κ2) is 4.55. The molecule has 1 aromatic rings. The molecule has 0 saturated carbocycles. The number of aliphatic hydroxyl groups excluding tert-OH is 1. The Morgan fingerprint density at radius 3 is 2.87 bits per heavy atom. The first kappa shape index (κ1) is 10.3. The van der Waals surface area contributed by atoms with E-state index in [0.717, 1.165) is 13.1 Å². The fourth-order valence-electron chi connectivity index (χ4n) is 1.65. The lowest BCUT2D eigenvalue weighted by atomic mass is 10.2. The summed E-state index contributed by atoms with van der Waals surface area (Å²) < 4.78 is 18.1. The number of hydrogen-bond donors (Lipinski definition) is 1. The molecule has 0 bridgehead atoms. The lowest BCUT2D eigenvalue weighted by molar-refractivity contribution is 0.122. The van der Waals surface area contributed by atoms with Crippen molar-refractivity contribution in [3.05, 3.63) is 23.6 Å². The second-order valence-corrected chi connectivity index (χ2v) is 3.39. The van der Waals surface area contributed by atoms with Gasteiger partial charge in [-0.25, -0.2) is 9.37 Å². The van der Waals surface area contributed by atoms with Crippen molar-refractivity contribution >= 4 is 5.82 Å². The highest BCUT2D eigenvalue weighted by molar-refractivity contribution is 5.46. The fourth-order valence-corrected chi connectivity index (χ4v) is 1.65. The zero-order valence-electron chi connectivity index (χ0n) is 8.32. The van der Waals surface area contributed by atoms with Crippen molar-refractivity contribution in [1.82, 2.24) is 4.98 Å². The van der Waals surface area contributed by atoms with E-state index < -0.39 is 5.82 Å². The third-order valence-electron chi connectivity index (χ3n) is 2.39. The van der Waals surface area contributed by atoms with E-state index in [1.54, 1.807) is 0 Å². The smallest absolute Gasteiger partial charge is 0.142 e. The summed E-state index contributed by atoms with van der Waals surface area (Å²) in [5, 5.41) is 9.11. The van der Waals surface area contributed by atoms with Crippen LogP contribution in [0.15, 0.2) is 12.3 Å². The van der Waals surface area contributed by atoms with Crippen molar-refractivity contribution in [3.63, 3.8) is 0 Å². The van der Waals surface area contributed by atoms with Crippen molar-refractivity contribution in [2.24, 2.45) is 0 Å². The van der Waals surface area contributed by atoms with E-state index in [2.05, 4.69) is 4.98 Å². The van der Waals surface area contributed by atoms with Crippen LogP contribution < -0.4 is 4.90 Å². The van der Waals surface area contributed by atoms with Crippen molar-refractivity contribution in [2.75, 3.05) is 31.2 Å². The predicted molar refractivity (Wildman–Crippen MR) is 53.1 cm³/mol. The number of morpholine rings is 1. The van der Waals surface area contributed by atoms with Gasteiger partial charge in [-0.1, -0.05) is 0 Å². The summed E-state index contributed by atoms with van der Waals surface area (Å²) in [5.74, 6) is 0.234. The zero-order chi connectivity index (χ0) is 10.7. The van der Waals surface area contributed by atoms with Crippen LogP contribution in [-0.4, -0.2) is 36.4 Å². The average Bonchev–Trinajstić information content (AvgIpc) is 2.30. The van der Waals surface area contributed by atoms with E-state index in [1.807, 2.05) is 4.90 Å². The molecule has 1 aromatic heterocycles. The Morgan fingerprint density at radius 2 is 2.20 bits per heavy atom. The van der Waals surface area contributed by atoms with Crippen molar-refractivity contribution in [3.8, 4) is 0 Å². The van der Waals surface area contributed by atoms with Gasteiger partial charge >= 0.3 is 0 Å². The van der Waals surface area contributed by atoms with Crippen LogP contribution in [0.3, 0.4) is 0 Å². The van der Waals surface area contributed by atoms with Gasteiger partial charge in [-0.15, -0.1) is 0 Å². The SMILES string of the molecule is OCc1cc(F)cnc1N1CCOCC1. The molecule has 5 heteroatoms. The maximum Gasteiger partial charge on any atom is 0.142 e. The van der Waals surface area contributed by atoms with Crippen LogP contribution in [0.2, 0.25) is 0 Å². The van der Waals surface area contributed by atoms with Gasteiger partial charge in [0.2, 0.25) is 0 Å². The van der Waals surface area contributed by atoms with E-state index in [1.165, 1.54) is 12.3 Å². The molecule has 0 amide bonds. The molecule has 4 nitrogen and oxygen atoms in total. The number of rotatable bonds is 2. The lowest BCUT2D eigenvalue weighted by Crippen LogP contribution is -2.37. The molecular formula is C10H13FN2O2. The third-order valence-corrected chi connectivity index (χ3v) is 2.39. The topological polar surface area (TPSA) is 45.6 Å². The molecule has 2 rings (SSSR count). The Balaban J connectivity index is 2.25. The summed E-state index contributed by atoms with van der Waals surface area (Å²) >= 11 is 0. The van der Waals surface area contributed by atoms with Gasteiger partial charge in [-0.2, -0.15) is 0 Å². The number of ether oxygens (including phenoxy) is 1. The number of halogens is 1. The number of aromatic nitrogens is 1. The fraction of sp³-hybridized carbons (Fsp3) is 0.500. The van der Waals surface area contributed by atoms with Crippen LogP contribution in [0.4, 0.5) is 10.2 Å². The van der Waals surface area contributed by atoms with E-state index in [-0.39, 0.29) is 6.61 Å². The standard InChI is InChI=1S/C10H13FN2O2/c11-9-5-8(7-14)10(12-6-9)13-1-3-15-4-2-13/h5-6,14H,1-4,7H2. The highest BCUT2D eigenvalue weighted by Crippen LogP contribution is 2.19. The molecule has 15 heavy (non-hydrogen) atoms. The number of hydrogen-bond acceptors (Lipinski definition) is 4. The number of anilines is 1. The van der Waals surface area contributed by atoms with Crippen molar-refractivity contribution in [2.45, 2.75) is 6.61 Å². The first-order valence-corrected chi connectivity index (χ1v) is 4.89. The first-order chi connectivity index (χ1) is 7.31. The van der Waals surface area contributed by atoms with Crippen LogP contribution in [0.5, 0.6) is 0 Å². The minimum absolute atomic E-state index is 0.197. The molecular weight excluding hydrogens is 199 g/mol. The molecule has 1 aliphatic rings. The molecule has 0 spiro atoms. The Morgan fingerprint density at radius 1 is 1.47 bits per heavy atom. The minimum Gasteiger partial charge on any atom is -0.392 e. The van der Waals surface area contributed by atoms with Gasteiger partial charge in [0.05, 0.1) is 26.0 Å². The Hall–Kier alpha value is -1.20. The summed E-state index contributed by atoms with van der Waals surface area (Å²) in [4.78, 5) is 6.00. The molecule has 0 aromatic carbocycles. The van der Waals surface area contributed by atoms with Gasteiger partial charge in [0.25, 0.3) is 0 Å². The van der Waals surface area contributed by atoms with Crippen molar-refractivity contribution in [1.29, 1.82) is 0 Å². The van der Waals surface area contributed by atoms with E-state index >= 15 is 0 Å². The van der Waals surface area contributed by atoms with Crippen LogP contribution in [-0.2, 0) is 11.3 Å². The molecule has 0 atom stereocenters. The van der Waals surface area contributed by atoms with Gasteiger partial charge < -0.3 is 14.7 Å². The summed E-state index contributed by atoms with van der Waals surface area (Å²) in [6.45, 7) is 2.54. The maximum atomic E-state index is 12.9. The Labute approximate surface area is 87.3 Å². The molecule has 1 saturated heterocycles. The van der Waals surface area contributed by atoms with Crippen molar-refractivity contribution < 1.29 is 14.2 Å². The second-order valence-electron chi connectivity index (χ2n) is 3.39. The van der Waals surface area contributed by atoms with Crippen LogP contribution in [0, 0.1) is 5.82 Å². The summed E-state index contributed by atoms with van der Waals surface area (Å²) in [5.41, 5.74) is 0.525. The van der Waals surface area contributed by atoms with E-state index in [0.29, 0.717) is 24.6 Å². The quantitative estimate of drug-likeness (QED) is 0.777. The largest absolute Gasteiger partial charge is 0.392 e. The summed E-state index contributed by atoms with van der Waals surface area (Å²) in [7, 11) is 0. The molecule has 1 fully saturated rings. The number of aliphatic hydroxyl groups is 1. The highest BCUT2D eigenvalue weighted by Gasteiger charge is 2.16. The van der Waals surface area contributed by atoms with Gasteiger partial charge in [-0.05, 0) is 6.07 Å². The predicted octanol–water partition coefficient (Wildman–Crippen LogP) is 0.550. The molecule has 2 heterocycles. The molecule has 0 unspecified atom stereocenters.